The van der Waals surface area contributed by atoms with Gasteiger partial charge in [0.25, 0.3) is 0 Å². The standard InChI is InChI=1S/C35H38Cl2N6O7S/c1-22-16-29(42-15-11-38-21-42)25-4-2-6-30(34(25)40-22)50-20-26-27(36)7-8-31(33(26)37)51(48,49)43-12-3-5-28(43)35(47)39-18-23-9-13-41(14-10-23)19-24(44)17-32(45)46/h2,4,6-8,11,15-16,21,23,28H,3,5,9-10,12-14,17-20H2,1H3,(H,39,47)(H,45,46)/t28-/m0/s1. The number of hydrogen-bond donors (Lipinski definition) is 2. The highest BCUT2D eigenvalue weighted by atomic mass is 35.5. The first-order valence-corrected chi connectivity index (χ1v) is 18.9. The van der Waals surface area contributed by atoms with E-state index in [0.29, 0.717) is 43.7 Å². The zero-order valence-corrected chi connectivity index (χ0v) is 30.3. The molecule has 4 aromatic rings. The van der Waals surface area contributed by atoms with Gasteiger partial charge in [0.1, 0.15) is 35.2 Å². The van der Waals surface area contributed by atoms with Crippen LogP contribution >= 0.6 is 23.2 Å². The van der Waals surface area contributed by atoms with Crippen LogP contribution < -0.4 is 10.1 Å². The lowest BCUT2D eigenvalue weighted by Gasteiger charge is -2.32. The normalized spacial score (nSPS) is 17.5. The number of likely N-dealkylation sites (tertiary alicyclic amines) is 1. The SMILES string of the molecule is Cc1cc(-n2ccnc2)c2cccc(OCc3c(Cl)ccc(S(=O)(=O)N4CCC[C@H]4C(=O)NCC4CCN(CC(=O)CC(=O)O)CC4)c3Cl)c2n1. The average molecular weight is 758 g/mol. The van der Waals surface area contributed by atoms with E-state index < -0.39 is 28.5 Å². The van der Waals surface area contributed by atoms with E-state index >= 15 is 0 Å². The summed E-state index contributed by atoms with van der Waals surface area (Å²) in [6.07, 6.45) is 7.05. The van der Waals surface area contributed by atoms with Crippen LogP contribution in [0.2, 0.25) is 10.0 Å². The van der Waals surface area contributed by atoms with Gasteiger partial charge < -0.3 is 19.7 Å². The number of halogens is 2. The highest BCUT2D eigenvalue weighted by Crippen LogP contribution is 2.37. The van der Waals surface area contributed by atoms with Crippen molar-refractivity contribution in [2.24, 2.45) is 5.92 Å². The molecule has 2 aliphatic rings. The summed E-state index contributed by atoms with van der Waals surface area (Å²) in [6, 6.07) is 9.41. The fraction of sp³-hybridized carbons (Fsp3) is 0.400. The number of rotatable bonds is 13. The number of fused-ring (bicyclic) bond motifs is 1. The van der Waals surface area contributed by atoms with Gasteiger partial charge in [-0.15, -0.1) is 0 Å². The van der Waals surface area contributed by atoms with Crippen molar-refractivity contribution in [3.05, 3.63) is 76.4 Å². The van der Waals surface area contributed by atoms with Gasteiger partial charge >= 0.3 is 5.97 Å². The number of nitrogens with zero attached hydrogens (tertiary/aromatic N) is 5. The third-order valence-corrected chi connectivity index (χ3v) is 12.2. The Labute approximate surface area is 305 Å². The maximum absolute atomic E-state index is 14.1. The van der Waals surface area contributed by atoms with Crippen LogP contribution in [0, 0.1) is 12.8 Å². The number of aliphatic carboxylic acids is 1. The Morgan fingerprint density at radius 3 is 2.59 bits per heavy atom. The van der Waals surface area contributed by atoms with Crippen molar-refractivity contribution < 1.29 is 32.6 Å². The average Bonchev–Trinajstić information content (AvgIpc) is 3.81. The van der Waals surface area contributed by atoms with Gasteiger partial charge in [-0.25, -0.2) is 18.4 Å². The number of aromatic nitrogens is 3. The molecule has 16 heteroatoms. The Kier molecular flexibility index (Phi) is 11.3. The fourth-order valence-corrected chi connectivity index (χ4v) is 9.24. The Hall–Kier alpha value is -4.08. The van der Waals surface area contributed by atoms with Crippen LogP contribution in [0.4, 0.5) is 0 Å². The number of benzene rings is 2. The largest absolute Gasteiger partial charge is 0.487 e. The third-order valence-electron chi connectivity index (χ3n) is 9.33. The van der Waals surface area contributed by atoms with Gasteiger partial charge in [0.15, 0.2) is 5.78 Å². The van der Waals surface area contributed by atoms with Crippen LogP contribution in [0.3, 0.4) is 0 Å². The number of pyridine rings is 1. The quantitative estimate of drug-likeness (QED) is 0.184. The molecule has 2 aliphatic heterocycles. The molecule has 2 aromatic carbocycles. The van der Waals surface area contributed by atoms with Gasteiger partial charge in [-0.3, -0.25) is 19.3 Å². The minimum atomic E-state index is -4.20. The van der Waals surface area contributed by atoms with Crippen LogP contribution in [0.15, 0.2) is 60.0 Å². The lowest BCUT2D eigenvalue weighted by Crippen LogP contribution is -2.48. The summed E-state index contributed by atoms with van der Waals surface area (Å²) >= 11 is 13.3. The molecule has 2 aromatic heterocycles. The Bertz CT molecular complexity index is 2050. The van der Waals surface area contributed by atoms with Crippen molar-refractivity contribution in [2.45, 2.75) is 56.6 Å². The van der Waals surface area contributed by atoms with E-state index in [1.807, 2.05) is 40.8 Å². The van der Waals surface area contributed by atoms with Crippen molar-refractivity contribution in [1.82, 2.24) is 29.1 Å². The predicted octanol–water partition coefficient (Wildman–Crippen LogP) is 4.64. The Morgan fingerprint density at radius 1 is 1.08 bits per heavy atom. The zero-order valence-electron chi connectivity index (χ0n) is 27.9. The molecule has 13 nitrogen and oxygen atoms in total. The summed E-state index contributed by atoms with van der Waals surface area (Å²) in [7, 11) is -4.20. The number of nitrogens with one attached hydrogen (secondary N) is 1. The number of carboxylic acid groups (broad SMARTS) is 1. The minimum Gasteiger partial charge on any atom is -0.487 e. The van der Waals surface area contributed by atoms with E-state index in [4.69, 9.17) is 38.0 Å². The molecular weight excluding hydrogens is 719 g/mol. The summed E-state index contributed by atoms with van der Waals surface area (Å²) in [6.45, 7) is 3.60. The molecule has 51 heavy (non-hydrogen) atoms. The summed E-state index contributed by atoms with van der Waals surface area (Å²) in [4.78, 5) is 46.6. The topological polar surface area (TPSA) is 164 Å². The maximum atomic E-state index is 14.1. The minimum absolute atomic E-state index is 0.0781. The third kappa shape index (κ3) is 8.20. The first-order chi connectivity index (χ1) is 24.4. The second-order valence-corrected chi connectivity index (χ2v) is 15.5. The van der Waals surface area contributed by atoms with Gasteiger partial charge in [0.05, 0.1) is 23.6 Å². The van der Waals surface area contributed by atoms with Crippen molar-refractivity contribution in [3.63, 3.8) is 0 Å². The van der Waals surface area contributed by atoms with Gasteiger partial charge in [-0.1, -0.05) is 35.3 Å². The van der Waals surface area contributed by atoms with Crippen molar-refractivity contribution in [3.8, 4) is 11.4 Å². The first kappa shape index (κ1) is 36.7. The molecule has 1 atom stereocenters. The smallest absolute Gasteiger partial charge is 0.310 e. The maximum Gasteiger partial charge on any atom is 0.310 e. The number of carboxylic acids is 1. The molecule has 0 saturated carbocycles. The second kappa shape index (κ2) is 15.7. The lowest BCUT2D eigenvalue weighted by molar-refractivity contribution is -0.140. The van der Waals surface area contributed by atoms with Crippen LogP contribution in [0.25, 0.3) is 16.6 Å². The van der Waals surface area contributed by atoms with Crippen LogP contribution in [-0.4, -0.2) is 93.7 Å². The van der Waals surface area contributed by atoms with E-state index in [2.05, 4.69) is 10.3 Å². The van der Waals surface area contributed by atoms with Gasteiger partial charge in [-0.05, 0) is 75.9 Å². The highest BCUT2D eigenvalue weighted by Gasteiger charge is 2.41. The number of sulfonamides is 1. The summed E-state index contributed by atoms with van der Waals surface area (Å²) in [5.74, 6) is -1.24. The summed E-state index contributed by atoms with van der Waals surface area (Å²) in [5.41, 5.74) is 2.54. The molecule has 0 unspecified atom stereocenters. The molecule has 1 amide bonds. The Balaban J connectivity index is 1.13. The number of aryl methyl sites for hydroxylation is 1. The van der Waals surface area contributed by atoms with E-state index in [-0.39, 0.29) is 57.8 Å². The molecule has 0 aliphatic carbocycles. The second-order valence-electron chi connectivity index (χ2n) is 12.9. The van der Waals surface area contributed by atoms with Gasteiger partial charge in [0, 0.05) is 47.1 Å². The number of amides is 1. The molecular formula is C35H38Cl2N6O7S. The molecule has 6 rings (SSSR count). The van der Waals surface area contributed by atoms with Gasteiger partial charge in [-0.2, -0.15) is 4.31 Å². The number of hydrogen-bond acceptors (Lipinski definition) is 9. The first-order valence-electron chi connectivity index (χ1n) is 16.7. The summed E-state index contributed by atoms with van der Waals surface area (Å²) < 4.78 is 37.4. The highest BCUT2D eigenvalue weighted by molar-refractivity contribution is 7.89. The number of imidazole rings is 1. The Morgan fingerprint density at radius 2 is 1.86 bits per heavy atom. The van der Waals surface area contributed by atoms with E-state index in [1.54, 1.807) is 18.6 Å². The molecule has 270 valence electrons. The molecule has 2 saturated heterocycles. The number of ketones is 1. The van der Waals surface area contributed by atoms with E-state index in [9.17, 15) is 22.8 Å². The summed E-state index contributed by atoms with van der Waals surface area (Å²) in [5, 5.41) is 12.8. The zero-order chi connectivity index (χ0) is 36.3. The molecule has 2 N–H and O–H groups in total. The number of para-hydroxylation sites is 1. The van der Waals surface area contributed by atoms with E-state index in [0.717, 1.165) is 29.6 Å². The molecule has 0 bridgehead atoms. The van der Waals surface area contributed by atoms with Gasteiger partial charge in [0.2, 0.25) is 15.9 Å². The van der Waals surface area contributed by atoms with Crippen LogP contribution in [0.5, 0.6) is 5.75 Å². The van der Waals surface area contributed by atoms with Crippen LogP contribution in [0.1, 0.15) is 43.4 Å². The number of piperidine rings is 1. The van der Waals surface area contributed by atoms with Crippen molar-refractivity contribution in [1.29, 1.82) is 0 Å². The number of Topliss-reactive ketones (excluding diaryl/α,β-unsaturated/α-hetero) is 1. The van der Waals surface area contributed by atoms with Crippen molar-refractivity contribution in [2.75, 3.05) is 32.7 Å². The number of ether oxygens (including phenoxy) is 1. The fourth-order valence-electron chi connectivity index (χ4n) is 6.72. The number of carbonyl (C=O) groups is 3. The monoisotopic (exact) mass is 756 g/mol. The van der Waals surface area contributed by atoms with Crippen molar-refractivity contribution >= 4 is 61.8 Å². The molecule has 0 radical (unpaired) electrons. The van der Waals surface area contributed by atoms with Crippen LogP contribution in [-0.2, 0) is 31.0 Å². The predicted molar refractivity (Wildman–Crippen MR) is 191 cm³/mol. The molecule has 0 spiro atoms. The van der Waals surface area contributed by atoms with E-state index in [1.165, 1.54) is 16.4 Å². The lowest BCUT2D eigenvalue weighted by atomic mass is 9.96. The molecule has 2 fully saturated rings. The molecule has 4 heterocycles. The number of carbonyl (C=O) groups excluding carboxylic acids is 2.